The zero-order valence-corrected chi connectivity index (χ0v) is 13.3. The minimum absolute atomic E-state index is 0.226. The maximum Gasteiger partial charge on any atom is 0.267 e. The van der Waals surface area contributed by atoms with Gasteiger partial charge in [0.05, 0.1) is 5.69 Å². The van der Waals surface area contributed by atoms with Gasteiger partial charge in [0.15, 0.2) is 0 Å². The highest BCUT2D eigenvalue weighted by Gasteiger charge is 2.30. The molecule has 118 valence electrons. The van der Waals surface area contributed by atoms with Gasteiger partial charge in [0, 0.05) is 18.8 Å². The van der Waals surface area contributed by atoms with E-state index in [1.165, 1.54) is 5.56 Å². The Morgan fingerprint density at radius 2 is 2.09 bits per heavy atom. The topological polar surface area (TPSA) is 59.9 Å². The maximum atomic E-state index is 11.9. The van der Waals surface area contributed by atoms with Crippen LogP contribution in [0.4, 0.5) is 5.69 Å². The third kappa shape index (κ3) is 3.00. The molecule has 1 aromatic heterocycles. The van der Waals surface area contributed by atoms with Crippen molar-refractivity contribution >= 4 is 5.69 Å². The van der Waals surface area contributed by atoms with Gasteiger partial charge in [-0.3, -0.25) is 4.79 Å². The first-order valence-corrected chi connectivity index (χ1v) is 8.18. The number of nitriles is 1. The van der Waals surface area contributed by atoms with E-state index >= 15 is 0 Å². The number of aromatic amines is 1. The molecule has 1 fully saturated rings. The second-order valence-electron chi connectivity index (χ2n) is 6.07. The summed E-state index contributed by atoms with van der Waals surface area (Å²) in [5, 5.41) is 9.32. The molecule has 1 aromatic carbocycles. The highest BCUT2D eigenvalue weighted by molar-refractivity contribution is 5.59. The summed E-state index contributed by atoms with van der Waals surface area (Å²) in [6, 6.07) is 14.9. The molecule has 23 heavy (non-hydrogen) atoms. The van der Waals surface area contributed by atoms with Gasteiger partial charge in [0.25, 0.3) is 5.56 Å². The molecule has 4 nitrogen and oxygen atoms in total. The summed E-state index contributed by atoms with van der Waals surface area (Å²) in [6.07, 6.45) is 4.73. The lowest BCUT2D eigenvalue weighted by molar-refractivity contribution is 0.404. The van der Waals surface area contributed by atoms with Crippen molar-refractivity contribution in [3.05, 3.63) is 64.1 Å². The fourth-order valence-electron chi connectivity index (χ4n) is 3.60. The lowest BCUT2D eigenvalue weighted by atomic mass is 9.84. The highest BCUT2D eigenvalue weighted by atomic mass is 16.1. The van der Waals surface area contributed by atoms with Crippen molar-refractivity contribution in [1.82, 2.24) is 4.98 Å². The van der Waals surface area contributed by atoms with Crippen molar-refractivity contribution < 1.29 is 0 Å². The predicted octanol–water partition coefficient (Wildman–Crippen LogP) is 3.41. The summed E-state index contributed by atoms with van der Waals surface area (Å²) in [7, 11) is 0. The van der Waals surface area contributed by atoms with E-state index in [0.29, 0.717) is 12.0 Å². The molecule has 0 amide bonds. The average Bonchev–Trinajstić information content (AvgIpc) is 2.61. The molecule has 0 bridgehead atoms. The van der Waals surface area contributed by atoms with E-state index in [9.17, 15) is 10.1 Å². The molecule has 0 aliphatic carbocycles. The Morgan fingerprint density at radius 1 is 1.30 bits per heavy atom. The summed E-state index contributed by atoms with van der Waals surface area (Å²) >= 11 is 0. The number of H-pyrrole nitrogens is 1. The van der Waals surface area contributed by atoms with Crippen molar-refractivity contribution in [2.75, 3.05) is 11.4 Å². The molecule has 0 saturated carbocycles. The van der Waals surface area contributed by atoms with Crippen LogP contribution in [-0.4, -0.2) is 17.6 Å². The zero-order valence-electron chi connectivity index (χ0n) is 13.3. The largest absolute Gasteiger partial charge is 0.367 e. The number of nitrogens with one attached hydrogen (secondary N) is 1. The first-order valence-electron chi connectivity index (χ1n) is 8.18. The minimum Gasteiger partial charge on any atom is -0.367 e. The van der Waals surface area contributed by atoms with Gasteiger partial charge in [0.1, 0.15) is 11.6 Å². The van der Waals surface area contributed by atoms with Gasteiger partial charge in [-0.05, 0) is 36.8 Å². The number of hydrogen-bond donors (Lipinski definition) is 1. The number of rotatable bonds is 3. The van der Waals surface area contributed by atoms with Crippen LogP contribution in [0.15, 0.2) is 47.4 Å². The van der Waals surface area contributed by atoms with Crippen LogP contribution >= 0.6 is 0 Å². The summed E-state index contributed by atoms with van der Waals surface area (Å²) in [5.41, 5.74) is 2.08. The maximum absolute atomic E-state index is 11.9. The second-order valence-corrected chi connectivity index (χ2v) is 6.07. The molecule has 0 spiro atoms. The fraction of sp³-hybridized carbons (Fsp3) is 0.368. The van der Waals surface area contributed by atoms with Gasteiger partial charge in [-0.1, -0.05) is 37.3 Å². The molecular weight excluding hydrogens is 286 g/mol. The average molecular weight is 307 g/mol. The smallest absolute Gasteiger partial charge is 0.267 e. The van der Waals surface area contributed by atoms with Gasteiger partial charge in [-0.2, -0.15) is 5.26 Å². The van der Waals surface area contributed by atoms with Crippen molar-refractivity contribution in [3.63, 3.8) is 0 Å². The van der Waals surface area contributed by atoms with Gasteiger partial charge in [0.2, 0.25) is 0 Å². The van der Waals surface area contributed by atoms with Crippen LogP contribution in [0.25, 0.3) is 0 Å². The van der Waals surface area contributed by atoms with E-state index < -0.39 is 0 Å². The third-order valence-electron chi connectivity index (χ3n) is 4.82. The number of hydrogen-bond acceptors (Lipinski definition) is 3. The molecule has 2 atom stereocenters. The van der Waals surface area contributed by atoms with Crippen LogP contribution < -0.4 is 10.5 Å². The molecule has 0 radical (unpaired) electrons. The van der Waals surface area contributed by atoms with Crippen LogP contribution in [0.2, 0.25) is 0 Å². The molecule has 1 saturated heterocycles. The van der Waals surface area contributed by atoms with E-state index in [-0.39, 0.29) is 11.1 Å². The van der Waals surface area contributed by atoms with Crippen LogP contribution in [0.3, 0.4) is 0 Å². The summed E-state index contributed by atoms with van der Waals surface area (Å²) in [4.78, 5) is 16.7. The van der Waals surface area contributed by atoms with Gasteiger partial charge >= 0.3 is 0 Å². The number of pyridine rings is 1. The van der Waals surface area contributed by atoms with Crippen molar-refractivity contribution in [3.8, 4) is 6.07 Å². The highest BCUT2D eigenvalue weighted by Crippen LogP contribution is 2.35. The lowest BCUT2D eigenvalue weighted by Crippen LogP contribution is -2.42. The first-order chi connectivity index (χ1) is 11.2. The molecule has 1 N–H and O–H groups in total. The monoisotopic (exact) mass is 307 g/mol. The van der Waals surface area contributed by atoms with E-state index in [0.717, 1.165) is 31.5 Å². The van der Waals surface area contributed by atoms with Crippen molar-refractivity contribution in [2.45, 2.75) is 38.1 Å². The van der Waals surface area contributed by atoms with E-state index in [1.54, 1.807) is 6.20 Å². The molecule has 1 aliphatic rings. The van der Waals surface area contributed by atoms with Crippen LogP contribution in [0.1, 0.15) is 43.2 Å². The van der Waals surface area contributed by atoms with Gasteiger partial charge in [-0.15, -0.1) is 0 Å². The van der Waals surface area contributed by atoms with E-state index in [2.05, 4.69) is 47.1 Å². The zero-order chi connectivity index (χ0) is 16.2. The van der Waals surface area contributed by atoms with Gasteiger partial charge in [-0.25, -0.2) is 0 Å². The van der Waals surface area contributed by atoms with Gasteiger partial charge < -0.3 is 9.88 Å². The van der Waals surface area contributed by atoms with Crippen LogP contribution in [0.5, 0.6) is 0 Å². The normalized spacial score (nSPS) is 21.0. The van der Waals surface area contributed by atoms with E-state index in [4.69, 9.17) is 0 Å². The summed E-state index contributed by atoms with van der Waals surface area (Å²) < 4.78 is 0. The predicted molar refractivity (Wildman–Crippen MR) is 91.6 cm³/mol. The summed E-state index contributed by atoms with van der Waals surface area (Å²) in [5.74, 6) is 0.546. The Labute approximate surface area is 136 Å². The Balaban J connectivity index is 1.88. The molecule has 2 aromatic rings. The molecule has 2 unspecified atom stereocenters. The minimum atomic E-state index is -0.301. The molecule has 4 heteroatoms. The molecule has 1 aliphatic heterocycles. The van der Waals surface area contributed by atoms with Crippen molar-refractivity contribution in [1.29, 1.82) is 5.26 Å². The fourth-order valence-corrected chi connectivity index (χ4v) is 3.60. The Morgan fingerprint density at radius 3 is 2.78 bits per heavy atom. The number of aromatic nitrogens is 1. The quantitative estimate of drug-likeness (QED) is 0.945. The van der Waals surface area contributed by atoms with Crippen molar-refractivity contribution in [2.24, 2.45) is 0 Å². The lowest BCUT2D eigenvalue weighted by Gasteiger charge is -2.41. The molecule has 2 heterocycles. The third-order valence-corrected chi connectivity index (χ3v) is 4.82. The Bertz CT molecular complexity index is 760. The SMILES string of the molecule is CCC1CC(c2ccccc2)CCN1c1cc[nH]c(=O)c1C#N. The van der Waals surface area contributed by atoms with E-state index in [1.807, 2.05) is 12.1 Å². The van der Waals surface area contributed by atoms with Crippen LogP contribution in [0, 0.1) is 11.3 Å². The number of nitrogens with zero attached hydrogens (tertiary/aromatic N) is 2. The number of piperidine rings is 1. The number of benzene rings is 1. The first kappa shape index (κ1) is 15.4. The Hall–Kier alpha value is -2.54. The van der Waals surface area contributed by atoms with Crippen LogP contribution in [-0.2, 0) is 0 Å². The Kier molecular flexibility index (Phi) is 4.47. The second kappa shape index (κ2) is 6.70. The molecular formula is C19H21N3O. The molecule has 3 rings (SSSR count). The number of anilines is 1. The standard InChI is InChI=1S/C19H21N3O/c1-2-16-12-15(14-6-4-3-5-7-14)9-11-22(16)18-8-10-21-19(23)17(18)13-20/h3-8,10,15-16H,2,9,11-12H2,1H3,(H,21,23). The summed E-state index contributed by atoms with van der Waals surface area (Å²) in [6.45, 7) is 3.04.